The van der Waals surface area contributed by atoms with E-state index in [1.54, 1.807) is 0 Å². The molecule has 7 nitrogen and oxygen atoms in total. The molecule has 0 aliphatic carbocycles. The molecule has 1 N–H and O–H groups in total. The smallest absolute Gasteiger partial charge is 0.289 e. The van der Waals surface area contributed by atoms with Gasteiger partial charge in [0.05, 0.1) is 11.0 Å². The molecule has 0 fully saturated rings. The maximum Gasteiger partial charge on any atom is 0.289 e. The third kappa shape index (κ3) is 3.00. The zero-order valence-electron chi connectivity index (χ0n) is 11.9. The molecule has 0 radical (unpaired) electrons. The number of hydrogen-bond acceptors (Lipinski definition) is 6. The number of hydrogen-bond donors (Lipinski definition) is 1. The van der Waals surface area contributed by atoms with Gasteiger partial charge >= 0.3 is 0 Å². The van der Waals surface area contributed by atoms with Crippen molar-refractivity contribution in [1.82, 2.24) is 4.98 Å². The van der Waals surface area contributed by atoms with Crippen molar-refractivity contribution in [2.45, 2.75) is 26.8 Å². The number of nitriles is 1. The van der Waals surface area contributed by atoms with Gasteiger partial charge in [-0.15, -0.1) is 0 Å². The molecule has 0 aliphatic heterocycles. The highest BCUT2D eigenvalue weighted by Crippen LogP contribution is 2.26. The lowest BCUT2D eigenvalue weighted by atomic mass is 10.1. The molecule has 0 saturated heterocycles. The Morgan fingerprint density at radius 1 is 1.48 bits per heavy atom. The van der Waals surface area contributed by atoms with Gasteiger partial charge in [0.15, 0.2) is 0 Å². The molecule has 0 aliphatic rings. The van der Waals surface area contributed by atoms with E-state index in [2.05, 4.69) is 10.3 Å². The average molecular weight is 286 g/mol. The summed E-state index contributed by atoms with van der Waals surface area (Å²) in [5, 5.41) is 22.9. The summed E-state index contributed by atoms with van der Waals surface area (Å²) in [6.45, 7) is 5.62. The SMILES string of the molecule is Cc1cc(C(C)Nc2ncc([N+](=O)[O-])cc2C#N)c(C)o1. The molecule has 2 rings (SSSR count). The fraction of sp³-hybridized carbons (Fsp3) is 0.286. The Hall–Kier alpha value is -2.88. The molecule has 2 aromatic heterocycles. The van der Waals surface area contributed by atoms with Crippen molar-refractivity contribution in [3.05, 3.63) is 51.1 Å². The fourth-order valence-corrected chi connectivity index (χ4v) is 2.12. The van der Waals surface area contributed by atoms with Gasteiger partial charge in [-0.25, -0.2) is 4.98 Å². The Morgan fingerprint density at radius 3 is 2.71 bits per heavy atom. The first-order valence-corrected chi connectivity index (χ1v) is 6.30. The third-order valence-electron chi connectivity index (χ3n) is 3.10. The largest absolute Gasteiger partial charge is 0.466 e. The van der Waals surface area contributed by atoms with Crippen LogP contribution in [0.15, 0.2) is 22.7 Å². The van der Waals surface area contributed by atoms with Crippen molar-refractivity contribution >= 4 is 11.5 Å². The minimum absolute atomic E-state index is 0.133. The van der Waals surface area contributed by atoms with Gasteiger partial charge in [-0.3, -0.25) is 10.1 Å². The molecule has 1 atom stereocenters. The van der Waals surface area contributed by atoms with Gasteiger partial charge in [0.25, 0.3) is 5.69 Å². The second-order valence-corrected chi connectivity index (χ2v) is 4.69. The molecule has 0 amide bonds. The molecular formula is C14H14N4O3. The van der Waals surface area contributed by atoms with Crippen LogP contribution in [0.3, 0.4) is 0 Å². The van der Waals surface area contributed by atoms with E-state index >= 15 is 0 Å². The molecule has 1 unspecified atom stereocenters. The molecule has 7 heteroatoms. The van der Waals surface area contributed by atoms with E-state index in [0.29, 0.717) is 5.82 Å². The van der Waals surface area contributed by atoms with Crippen LogP contribution >= 0.6 is 0 Å². The Bertz CT molecular complexity index is 730. The van der Waals surface area contributed by atoms with Crippen molar-refractivity contribution in [3.8, 4) is 6.07 Å². The molecule has 0 aromatic carbocycles. The average Bonchev–Trinajstić information content (AvgIpc) is 2.78. The molecular weight excluding hydrogens is 272 g/mol. The summed E-state index contributed by atoms with van der Waals surface area (Å²) < 4.78 is 5.47. The maximum absolute atomic E-state index is 10.7. The summed E-state index contributed by atoms with van der Waals surface area (Å²) in [5.41, 5.74) is 0.880. The molecule has 2 heterocycles. The van der Waals surface area contributed by atoms with Crippen LogP contribution in [0.1, 0.15) is 35.6 Å². The Balaban J connectivity index is 2.29. The number of nitrogens with one attached hydrogen (secondary N) is 1. The summed E-state index contributed by atoms with van der Waals surface area (Å²) in [5.74, 6) is 1.90. The first-order valence-electron chi connectivity index (χ1n) is 6.30. The standard InChI is InChI=1S/C14H14N4O3/c1-8-4-13(10(3)21-8)9(2)17-14-11(6-15)5-12(7-16-14)18(19)20/h4-5,7,9H,1-3H3,(H,16,17). The summed E-state index contributed by atoms with van der Waals surface area (Å²) >= 11 is 0. The van der Waals surface area contributed by atoms with Gasteiger partial charge in [0, 0.05) is 11.6 Å². The summed E-state index contributed by atoms with van der Waals surface area (Å²) in [4.78, 5) is 14.1. The Kier molecular flexibility index (Phi) is 3.89. The highest BCUT2D eigenvalue weighted by Gasteiger charge is 2.17. The molecule has 2 aromatic rings. The van der Waals surface area contributed by atoms with Gasteiger partial charge in [-0.2, -0.15) is 5.26 Å². The number of nitrogens with zero attached hydrogens (tertiary/aromatic N) is 3. The van der Waals surface area contributed by atoms with Crippen molar-refractivity contribution < 1.29 is 9.34 Å². The van der Waals surface area contributed by atoms with Gasteiger partial charge in [-0.05, 0) is 26.8 Å². The van der Waals surface area contributed by atoms with Crippen molar-refractivity contribution in [2.75, 3.05) is 5.32 Å². The highest BCUT2D eigenvalue weighted by atomic mass is 16.6. The monoisotopic (exact) mass is 286 g/mol. The Labute approximate surface area is 121 Å². The topological polar surface area (TPSA) is 105 Å². The zero-order chi connectivity index (χ0) is 15.6. The minimum atomic E-state index is -0.579. The van der Waals surface area contributed by atoms with E-state index in [0.717, 1.165) is 23.3 Å². The van der Waals surface area contributed by atoms with Gasteiger partial charge in [0.2, 0.25) is 0 Å². The van der Waals surface area contributed by atoms with Crippen LogP contribution in [0.5, 0.6) is 0 Å². The number of aryl methyl sites for hydroxylation is 2. The van der Waals surface area contributed by atoms with Crippen LogP contribution < -0.4 is 5.32 Å². The second-order valence-electron chi connectivity index (χ2n) is 4.69. The van der Waals surface area contributed by atoms with Crippen LogP contribution in [0, 0.1) is 35.3 Å². The van der Waals surface area contributed by atoms with Crippen LogP contribution in [0.4, 0.5) is 11.5 Å². The highest BCUT2D eigenvalue weighted by molar-refractivity contribution is 5.56. The normalized spacial score (nSPS) is 11.7. The zero-order valence-corrected chi connectivity index (χ0v) is 11.9. The van der Waals surface area contributed by atoms with E-state index in [9.17, 15) is 10.1 Å². The quantitative estimate of drug-likeness (QED) is 0.683. The van der Waals surface area contributed by atoms with Crippen LogP contribution in [0.2, 0.25) is 0 Å². The number of nitro groups is 1. The molecule has 21 heavy (non-hydrogen) atoms. The lowest BCUT2D eigenvalue weighted by molar-refractivity contribution is -0.385. The second kappa shape index (κ2) is 5.63. The van der Waals surface area contributed by atoms with Gasteiger partial charge < -0.3 is 9.73 Å². The van der Waals surface area contributed by atoms with E-state index in [4.69, 9.17) is 9.68 Å². The number of furan rings is 1. The van der Waals surface area contributed by atoms with Crippen molar-refractivity contribution in [3.63, 3.8) is 0 Å². The van der Waals surface area contributed by atoms with Crippen molar-refractivity contribution in [1.29, 1.82) is 5.26 Å². The maximum atomic E-state index is 10.7. The van der Waals surface area contributed by atoms with Crippen LogP contribution in [-0.2, 0) is 0 Å². The third-order valence-corrected chi connectivity index (χ3v) is 3.10. The molecule has 0 saturated carbocycles. The van der Waals surface area contributed by atoms with Gasteiger partial charge in [0.1, 0.15) is 35.2 Å². The molecule has 108 valence electrons. The summed E-state index contributed by atoms with van der Waals surface area (Å²) in [7, 11) is 0. The van der Waals surface area contributed by atoms with Gasteiger partial charge in [-0.1, -0.05) is 0 Å². The minimum Gasteiger partial charge on any atom is -0.466 e. The summed E-state index contributed by atoms with van der Waals surface area (Å²) in [6, 6.07) is 4.89. The number of pyridine rings is 1. The van der Waals surface area contributed by atoms with Crippen molar-refractivity contribution in [2.24, 2.45) is 0 Å². The van der Waals surface area contributed by atoms with E-state index in [1.165, 1.54) is 6.07 Å². The van der Waals surface area contributed by atoms with E-state index in [-0.39, 0.29) is 17.3 Å². The van der Waals surface area contributed by atoms with Crippen LogP contribution in [-0.4, -0.2) is 9.91 Å². The summed E-state index contributed by atoms with van der Waals surface area (Å²) in [6.07, 6.45) is 1.13. The number of aromatic nitrogens is 1. The number of rotatable bonds is 4. The molecule has 0 spiro atoms. The lowest BCUT2D eigenvalue weighted by Gasteiger charge is -2.14. The predicted octanol–water partition coefficient (Wildman–Crippen LogP) is 3.24. The number of anilines is 1. The lowest BCUT2D eigenvalue weighted by Crippen LogP contribution is -2.10. The predicted molar refractivity (Wildman–Crippen MR) is 75.8 cm³/mol. The first-order chi connectivity index (χ1) is 9.92. The fourth-order valence-electron chi connectivity index (χ4n) is 2.12. The first kappa shape index (κ1) is 14.5. The van der Waals surface area contributed by atoms with E-state index in [1.807, 2.05) is 32.9 Å². The van der Waals surface area contributed by atoms with Crippen LogP contribution in [0.25, 0.3) is 0 Å². The van der Waals surface area contributed by atoms with E-state index < -0.39 is 4.92 Å². The molecule has 0 bridgehead atoms. The Morgan fingerprint density at radius 2 is 2.19 bits per heavy atom.